The van der Waals surface area contributed by atoms with E-state index in [0.717, 1.165) is 31.4 Å². The fourth-order valence-corrected chi connectivity index (χ4v) is 3.52. The maximum absolute atomic E-state index is 14.3. The third kappa shape index (κ3) is 2.23. The summed E-state index contributed by atoms with van der Waals surface area (Å²) in [5.41, 5.74) is 13.4. The van der Waals surface area contributed by atoms with Crippen LogP contribution in [0.25, 0.3) is 0 Å². The molecule has 1 spiro atoms. The van der Waals surface area contributed by atoms with E-state index in [9.17, 15) is 4.39 Å². The molecular formula is C16H22FN5. The van der Waals surface area contributed by atoms with Crippen LogP contribution in [0.1, 0.15) is 43.2 Å². The molecule has 0 atom stereocenters. The summed E-state index contributed by atoms with van der Waals surface area (Å²) in [4.78, 5) is 10.6. The maximum atomic E-state index is 14.3. The molecule has 0 aromatic heterocycles. The second-order valence-corrected chi connectivity index (χ2v) is 6.16. The highest BCUT2D eigenvalue weighted by Gasteiger charge is 2.43. The topological polar surface area (TPSA) is 80.0 Å². The summed E-state index contributed by atoms with van der Waals surface area (Å²) in [6.07, 6.45) is 4.96. The van der Waals surface area contributed by atoms with Gasteiger partial charge in [0.25, 0.3) is 0 Å². The average Bonchev–Trinajstić information content (AvgIpc) is 2.47. The van der Waals surface area contributed by atoms with E-state index >= 15 is 0 Å². The molecule has 6 heteroatoms. The van der Waals surface area contributed by atoms with Gasteiger partial charge in [0.05, 0.1) is 5.69 Å². The van der Waals surface area contributed by atoms with E-state index in [0.29, 0.717) is 17.1 Å². The van der Waals surface area contributed by atoms with Crippen molar-refractivity contribution in [2.75, 3.05) is 4.90 Å². The number of aliphatic imine (C=N–C) groups is 2. The number of hydrogen-bond donors (Lipinski definition) is 2. The Bertz CT molecular complexity index is 659. The summed E-state index contributed by atoms with van der Waals surface area (Å²) in [5, 5.41) is 0. The Morgan fingerprint density at radius 3 is 2.50 bits per heavy atom. The normalized spacial score (nSPS) is 20.8. The molecule has 1 aliphatic carbocycles. The summed E-state index contributed by atoms with van der Waals surface area (Å²) < 4.78 is 14.3. The Morgan fingerprint density at radius 1 is 1.14 bits per heavy atom. The fourth-order valence-electron chi connectivity index (χ4n) is 3.52. The molecule has 2 aliphatic rings. The molecule has 22 heavy (non-hydrogen) atoms. The number of guanidine groups is 2. The van der Waals surface area contributed by atoms with Gasteiger partial charge in [0, 0.05) is 5.56 Å². The number of aryl methyl sites for hydroxylation is 1. The lowest BCUT2D eigenvalue weighted by molar-refractivity contribution is 0.305. The molecule has 5 nitrogen and oxygen atoms in total. The van der Waals surface area contributed by atoms with Gasteiger partial charge in [-0.25, -0.2) is 9.38 Å². The van der Waals surface area contributed by atoms with Gasteiger partial charge in [-0.05, 0) is 51.2 Å². The lowest BCUT2D eigenvalue weighted by Crippen LogP contribution is -2.58. The van der Waals surface area contributed by atoms with Gasteiger partial charge in [-0.15, -0.1) is 0 Å². The zero-order valence-corrected chi connectivity index (χ0v) is 13.1. The van der Waals surface area contributed by atoms with Crippen LogP contribution in [-0.2, 0) is 0 Å². The minimum absolute atomic E-state index is 0.209. The van der Waals surface area contributed by atoms with E-state index in [1.165, 1.54) is 6.42 Å². The highest BCUT2D eigenvalue weighted by atomic mass is 19.1. The molecular weight excluding hydrogens is 281 g/mol. The molecule has 1 aliphatic heterocycles. The van der Waals surface area contributed by atoms with Crippen LogP contribution >= 0.6 is 0 Å². The van der Waals surface area contributed by atoms with Crippen molar-refractivity contribution in [3.05, 3.63) is 29.1 Å². The monoisotopic (exact) mass is 303 g/mol. The van der Waals surface area contributed by atoms with Crippen LogP contribution in [0.2, 0.25) is 0 Å². The molecule has 3 rings (SSSR count). The Labute approximate surface area is 129 Å². The third-order valence-electron chi connectivity index (χ3n) is 4.64. The predicted molar refractivity (Wildman–Crippen MR) is 87.4 cm³/mol. The van der Waals surface area contributed by atoms with E-state index in [2.05, 4.69) is 9.98 Å². The first kappa shape index (κ1) is 14.8. The molecule has 0 bridgehead atoms. The number of benzene rings is 1. The third-order valence-corrected chi connectivity index (χ3v) is 4.64. The lowest BCUT2D eigenvalue weighted by atomic mass is 9.87. The van der Waals surface area contributed by atoms with Gasteiger partial charge in [-0.3, -0.25) is 4.90 Å². The van der Waals surface area contributed by atoms with Crippen molar-refractivity contribution >= 4 is 17.6 Å². The van der Waals surface area contributed by atoms with Gasteiger partial charge in [0.1, 0.15) is 11.5 Å². The van der Waals surface area contributed by atoms with Crippen molar-refractivity contribution in [1.82, 2.24) is 0 Å². The molecule has 0 unspecified atom stereocenters. The molecule has 1 saturated carbocycles. The minimum Gasteiger partial charge on any atom is -0.369 e. The van der Waals surface area contributed by atoms with Crippen LogP contribution < -0.4 is 16.4 Å². The number of halogens is 1. The van der Waals surface area contributed by atoms with Crippen molar-refractivity contribution in [1.29, 1.82) is 0 Å². The number of rotatable bonds is 1. The van der Waals surface area contributed by atoms with Gasteiger partial charge in [0.15, 0.2) is 0 Å². The molecule has 4 N–H and O–H groups in total. The van der Waals surface area contributed by atoms with Crippen LogP contribution in [0.5, 0.6) is 0 Å². The SMILES string of the molecule is Cc1ccc(N2C(N)=NC(N)=NC23CCCCC3)c(C)c1F. The van der Waals surface area contributed by atoms with Crippen molar-refractivity contribution < 1.29 is 4.39 Å². The second-order valence-electron chi connectivity index (χ2n) is 6.16. The first-order chi connectivity index (χ1) is 10.4. The van der Waals surface area contributed by atoms with Gasteiger partial charge in [-0.1, -0.05) is 12.5 Å². The molecule has 1 fully saturated rings. The van der Waals surface area contributed by atoms with E-state index in [-0.39, 0.29) is 11.8 Å². The van der Waals surface area contributed by atoms with E-state index < -0.39 is 5.66 Å². The largest absolute Gasteiger partial charge is 0.369 e. The Balaban J connectivity index is 2.14. The number of anilines is 1. The zero-order chi connectivity index (χ0) is 15.9. The molecule has 118 valence electrons. The number of nitrogens with two attached hydrogens (primary N) is 2. The summed E-state index contributed by atoms with van der Waals surface area (Å²) in [5.74, 6) is 0.292. The average molecular weight is 303 g/mol. The van der Waals surface area contributed by atoms with Gasteiger partial charge < -0.3 is 11.5 Å². The van der Waals surface area contributed by atoms with Crippen molar-refractivity contribution in [3.63, 3.8) is 0 Å². The first-order valence-electron chi connectivity index (χ1n) is 7.70. The zero-order valence-electron chi connectivity index (χ0n) is 13.1. The Kier molecular flexibility index (Phi) is 3.54. The van der Waals surface area contributed by atoms with Crippen LogP contribution in [0.4, 0.5) is 10.1 Å². The molecule has 0 amide bonds. The fraction of sp³-hybridized carbons (Fsp3) is 0.500. The van der Waals surface area contributed by atoms with E-state index in [1.807, 2.05) is 11.0 Å². The second kappa shape index (κ2) is 5.26. The quantitative estimate of drug-likeness (QED) is 0.836. The predicted octanol–water partition coefficient (Wildman–Crippen LogP) is 2.55. The Hall–Kier alpha value is -2.11. The molecule has 1 heterocycles. The van der Waals surface area contributed by atoms with Crippen molar-refractivity contribution in [2.45, 2.75) is 51.6 Å². The van der Waals surface area contributed by atoms with Gasteiger partial charge in [-0.2, -0.15) is 4.99 Å². The maximum Gasteiger partial charge on any atom is 0.220 e. The van der Waals surface area contributed by atoms with Crippen molar-refractivity contribution in [3.8, 4) is 0 Å². The van der Waals surface area contributed by atoms with Crippen LogP contribution in [-0.4, -0.2) is 17.6 Å². The molecule has 0 radical (unpaired) electrons. The van der Waals surface area contributed by atoms with Crippen LogP contribution in [0.15, 0.2) is 22.1 Å². The summed E-state index contributed by atoms with van der Waals surface area (Å²) >= 11 is 0. The number of hydrogen-bond acceptors (Lipinski definition) is 5. The van der Waals surface area contributed by atoms with E-state index in [4.69, 9.17) is 11.5 Å². The summed E-state index contributed by atoms with van der Waals surface area (Å²) in [7, 11) is 0. The minimum atomic E-state index is -0.527. The standard InChI is InChI=1S/C16H22FN5/c1-10-6-7-12(11(2)13(10)17)22-15(19)20-14(18)21-16(22)8-4-3-5-9-16/h6-7H,3-5,8-9H2,1-2H3,(H4,18,19,20,21). The Morgan fingerprint density at radius 2 is 1.82 bits per heavy atom. The summed E-state index contributed by atoms with van der Waals surface area (Å²) in [6, 6.07) is 3.66. The van der Waals surface area contributed by atoms with Gasteiger partial charge in [0.2, 0.25) is 11.9 Å². The molecule has 0 saturated heterocycles. The smallest absolute Gasteiger partial charge is 0.220 e. The molecule has 1 aromatic carbocycles. The van der Waals surface area contributed by atoms with Gasteiger partial charge >= 0.3 is 0 Å². The highest BCUT2D eigenvalue weighted by molar-refractivity contribution is 6.06. The summed E-state index contributed by atoms with van der Waals surface area (Å²) in [6.45, 7) is 3.52. The molecule has 1 aromatic rings. The van der Waals surface area contributed by atoms with Crippen LogP contribution in [0, 0.1) is 19.7 Å². The number of nitrogens with zero attached hydrogens (tertiary/aromatic N) is 3. The first-order valence-corrected chi connectivity index (χ1v) is 7.70. The van der Waals surface area contributed by atoms with Crippen molar-refractivity contribution in [2.24, 2.45) is 21.5 Å². The lowest BCUT2D eigenvalue weighted by Gasteiger charge is -2.46. The van der Waals surface area contributed by atoms with E-state index in [1.54, 1.807) is 19.9 Å². The van der Waals surface area contributed by atoms with Crippen LogP contribution in [0.3, 0.4) is 0 Å². The highest BCUT2D eigenvalue weighted by Crippen LogP contribution is 2.41.